The highest BCUT2D eigenvalue weighted by molar-refractivity contribution is 7.99. The topological polar surface area (TPSA) is 53.0 Å². The van der Waals surface area contributed by atoms with Crippen molar-refractivity contribution in [3.63, 3.8) is 0 Å². The Morgan fingerprint density at radius 2 is 2.00 bits per heavy atom. The number of fused-ring (bicyclic) bond motifs is 1. The fourth-order valence-corrected chi connectivity index (χ4v) is 3.99. The minimum atomic E-state index is -0.695. The number of para-hydroxylation sites is 1. The molecule has 0 radical (unpaired) electrons. The Morgan fingerprint density at radius 3 is 2.70 bits per heavy atom. The summed E-state index contributed by atoms with van der Waals surface area (Å²) >= 11 is 1.68. The van der Waals surface area contributed by atoms with E-state index in [1.54, 1.807) is 11.8 Å². The van der Waals surface area contributed by atoms with Crippen molar-refractivity contribution in [2.45, 2.75) is 30.4 Å². The van der Waals surface area contributed by atoms with Crippen molar-refractivity contribution in [3.05, 3.63) is 24.3 Å². The Hall–Kier alpha value is -1.24. The number of β-amino-alcohol motifs (C(OH)–C–C–N with tert-alkyl or cyclic N) is 1. The molecule has 1 unspecified atom stereocenters. The van der Waals surface area contributed by atoms with Gasteiger partial charge >= 0.3 is 0 Å². The number of nitrogens with zero attached hydrogens (tertiary/aromatic N) is 2. The van der Waals surface area contributed by atoms with E-state index >= 15 is 0 Å². The van der Waals surface area contributed by atoms with Crippen LogP contribution in [0.3, 0.4) is 0 Å². The number of carbonyl (C=O) groups is 1. The van der Waals surface area contributed by atoms with E-state index in [1.807, 2.05) is 43.0 Å². The highest BCUT2D eigenvalue weighted by Crippen LogP contribution is 2.35. The van der Waals surface area contributed by atoms with Gasteiger partial charge < -0.3 is 14.7 Å². The van der Waals surface area contributed by atoms with E-state index in [1.165, 1.54) is 0 Å². The lowest BCUT2D eigenvalue weighted by Crippen LogP contribution is -2.55. The Balaban J connectivity index is 1.54. The third-order valence-electron chi connectivity index (χ3n) is 4.08. The van der Waals surface area contributed by atoms with Crippen LogP contribution in [0.1, 0.15) is 13.8 Å². The largest absolute Gasteiger partial charge is 0.479 e. The first-order valence-electron chi connectivity index (χ1n) is 8.04. The zero-order chi connectivity index (χ0) is 16.4. The van der Waals surface area contributed by atoms with Crippen LogP contribution < -0.4 is 4.74 Å². The highest BCUT2D eigenvalue weighted by Gasteiger charge is 2.32. The van der Waals surface area contributed by atoms with Gasteiger partial charge in [0, 0.05) is 43.4 Å². The lowest BCUT2D eigenvalue weighted by atomic mass is 10.1. The number of hydrogen-bond acceptors (Lipinski definition) is 5. The molecule has 1 aromatic rings. The van der Waals surface area contributed by atoms with Crippen molar-refractivity contribution < 1.29 is 14.6 Å². The van der Waals surface area contributed by atoms with Crippen molar-refractivity contribution in [2.24, 2.45) is 0 Å². The molecule has 2 aliphatic heterocycles. The summed E-state index contributed by atoms with van der Waals surface area (Å²) in [7, 11) is 0. The predicted octanol–water partition coefficient (Wildman–Crippen LogP) is 1.45. The second kappa shape index (κ2) is 6.71. The van der Waals surface area contributed by atoms with Crippen LogP contribution in [0, 0.1) is 0 Å². The van der Waals surface area contributed by atoms with Crippen molar-refractivity contribution >= 4 is 17.7 Å². The zero-order valence-electron chi connectivity index (χ0n) is 13.7. The number of ether oxygens (including phenoxy) is 1. The Kier molecular flexibility index (Phi) is 4.85. The van der Waals surface area contributed by atoms with Crippen molar-refractivity contribution in [3.8, 4) is 5.75 Å². The molecule has 5 nitrogen and oxygen atoms in total. The van der Waals surface area contributed by atoms with Crippen molar-refractivity contribution in [2.75, 3.05) is 38.5 Å². The zero-order valence-corrected chi connectivity index (χ0v) is 14.5. The summed E-state index contributed by atoms with van der Waals surface area (Å²) in [5.74, 6) is 1.55. The van der Waals surface area contributed by atoms with Crippen LogP contribution in [0.25, 0.3) is 0 Å². The number of piperazine rings is 1. The first-order chi connectivity index (χ1) is 10.9. The van der Waals surface area contributed by atoms with E-state index in [2.05, 4.69) is 4.90 Å². The predicted molar refractivity (Wildman–Crippen MR) is 90.9 cm³/mol. The number of benzene rings is 1. The van der Waals surface area contributed by atoms with Crippen molar-refractivity contribution in [1.29, 1.82) is 0 Å². The maximum Gasteiger partial charge on any atom is 0.264 e. The minimum absolute atomic E-state index is 0.0786. The highest BCUT2D eigenvalue weighted by atomic mass is 32.2. The molecule has 0 saturated carbocycles. The van der Waals surface area contributed by atoms with Crippen LogP contribution in [-0.2, 0) is 4.79 Å². The average molecular weight is 336 g/mol. The lowest BCUT2D eigenvalue weighted by molar-refractivity contribution is -0.140. The SMILES string of the molecule is CC(C)(O)CN1CCN(C(=O)C2CSc3ccccc3O2)CC1. The van der Waals surface area contributed by atoms with Crippen LogP contribution in [0.2, 0.25) is 0 Å². The van der Waals surface area contributed by atoms with Gasteiger partial charge in [0.2, 0.25) is 0 Å². The van der Waals surface area contributed by atoms with Gasteiger partial charge in [0.25, 0.3) is 5.91 Å². The number of rotatable bonds is 3. The van der Waals surface area contributed by atoms with Gasteiger partial charge in [-0.15, -0.1) is 11.8 Å². The smallest absolute Gasteiger partial charge is 0.264 e. The second-order valence-corrected chi connectivity index (χ2v) is 7.84. The van der Waals surface area contributed by atoms with Crippen LogP contribution in [-0.4, -0.2) is 71.0 Å². The summed E-state index contributed by atoms with van der Waals surface area (Å²) in [5.41, 5.74) is -0.695. The normalized spacial score (nSPS) is 22.4. The van der Waals surface area contributed by atoms with E-state index in [0.29, 0.717) is 25.4 Å². The van der Waals surface area contributed by atoms with E-state index < -0.39 is 11.7 Å². The van der Waals surface area contributed by atoms with E-state index in [9.17, 15) is 9.90 Å². The summed E-state index contributed by atoms with van der Waals surface area (Å²) < 4.78 is 5.89. The van der Waals surface area contributed by atoms with Gasteiger partial charge in [-0.25, -0.2) is 0 Å². The molecule has 2 aliphatic rings. The van der Waals surface area contributed by atoms with Gasteiger partial charge in [0.1, 0.15) is 5.75 Å². The molecule has 0 spiro atoms. The number of hydrogen-bond donors (Lipinski definition) is 1. The van der Waals surface area contributed by atoms with E-state index in [4.69, 9.17) is 4.74 Å². The molecule has 1 saturated heterocycles. The standard InChI is InChI=1S/C17H24N2O3S/c1-17(2,21)12-18-7-9-19(10-8-18)16(20)14-11-23-15-6-4-3-5-13(15)22-14/h3-6,14,21H,7-12H2,1-2H3. The van der Waals surface area contributed by atoms with Gasteiger partial charge in [-0.3, -0.25) is 9.69 Å². The quantitative estimate of drug-likeness (QED) is 0.906. The monoisotopic (exact) mass is 336 g/mol. The molecule has 0 aromatic heterocycles. The van der Waals surface area contributed by atoms with Crippen LogP contribution in [0.15, 0.2) is 29.2 Å². The Morgan fingerprint density at radius 1 is 1.30 bits per heavy atom. The molecule has 1 aromatic carbocycles. The summed E-state index contributed by atoms with van der Waals surface area (Å²) in [6, 6.07) is 7.86. The number of carbonyl (C=O) groups excluding carboxylic acids is 1. The molecular formula is C17H24N2O3S. The molecule has 1 amide bonds. The fraction of sp³-hybridized carbons (Fsp3) is 0.588. The molecular weight excluding hydrogens is 312 g/mol. The first kappa shape index (κ1) is 16.6. The van der Waals surface area contributed by atoms with Gasteiger partial charge in [-0.2, -0.15) is 0 Å². The van der Waals surface area contributed by atoms with Crippen LogP contribution in [0.4, 0.5) is 0 Å². The third kappa shape index (κ3) is 4.19. The summed E-state index contributed by atoms with van der Waals surface area (Å²) in [6.45, 7) is 7.25. The van der Waals surface area contributed by atoms with E-state index in [-0.39, 0.29) is 5.91 Å². The van der Waals surface area contributed by atoms with Crippen LogP contribution >= 0.6 is 11.8 Å². The van der Waals surface area contributed by atoms with Crippen LogP contribution in [0.5, 0.6) is 5.75 Å². The first-order valence-corrected chi connectivity index (χ1v) is 9.03. The number of amides is 1. The molecule has 0 aliphatic carbocycles. The van der Waals surface area contributed by atoms with Gasteiger partial charge in [0.15, 0.2) is 6.10 Å². The molecule has 0 bridgehead atoms. The summed E-state index contributed by atoms with van der Waals surface area (Å²) in [6.07, 6.45) is -0.393. The third-order valence-corrected chi connectivity index (χ3v) is 5.20. The Labute approximate surface area is 141 Å². The average Bonchev–Trinajstić information content (AvgIpc) is 2.53. The van der Waals surface area contributed by atoms with E-state index in [0.717, 1.165) is 23.7 Å². The lowest BCUT2D eigenvalue weighted by Gasteiger charge is -2.38. The Bertz CT molecular complexity index is 565. The number of thioether (sulfide) groups is 1. The maximum absolute atomic E-state index is 12.7. The summed E-state index contributed by atoms with van der Waals surface area (Å²) in [5, 5.41) is 9.90. The molecule has 23 heavy (non-hydrogen) atoms. The maximum atomic E-state index is 12.7. The minimum Gasteiger partial charge on any atom is -0.479 e. The number of aliphatic hydroxyl groups is 1. The summed E-state index contributed by atoms with van der Waals surface area (Å²) in [4.78, 5) is 17.9. The molecule has 1 fully saturated rings. The molecule has 1 N–H and O–H groups in total. The second-order valence-electron chi connectivity index (χ2n) is 6.78. The molecule has 1 atom stereocenters. The van der Waals surface area contributed by atoms with Gasteiger partial charge in [-0.1, -0.05) is 12.1 Å². The van der Waals surface area contributed by atoms with Gasteiger partial charge in [-0.05, 0) is 26.0 Å². The van der Waals surface area contributed by atoms with Crippen molar-refractivity contribution in [1.82, 2.24) is 9.80 Å². The molecule has 3 rings (SSSR count). The molecule has 2 heterocycles. The van der Waals surface area contributed by atoms with Gasteiger partial charge in [0.05, 0.1) is 5.60 Å². The molecule has 6 heteroatoms. The fourth-order valence-electron chi connectivity index (χ4n) is 3.02. The molecule has 126 valence electrons.